The standard InChI is InChI=1S/C24H30FN7O2/c1-15-10-20(29-21(26)17-11-18(25)22-28-16(2)13-32(22)14-17)27-12-19(15)30-6-8-31(9-7-30)23(33)34-24(3,4)5/h10-14H,6-9H2,1-5H3,(H2,26,27,29). The second kappa shape index (κ2) is 8.92. The Hall–Kier alpha value is -3.69. The molecule has 0 spiro atoms. The third kappa shape index (κ3) is 5.11. The summed E-state index contributed by atoms with van der Waals surface area (Å²) in [4.78, 5) is 24.8. The lowest BCUT2D eigenvalue weighted by Crippen LogP contribution is -2.50. The number of aromatic nitrogens is 3. The molecule has 0 aliphatic carbocycles. The topological polar surface area (TPSA) is 98.9 Å². The van der Waals surface area contributed by atoms with Crippen LogP contribution >= 0.6 is 0 Å². The molecule has 3 aromatic rings. The Morgan fingerprint density at radius 2 is 1.85 bits per heavy atom. The lowest BCUT2D eigenvalue weighted by atomic mass is 10.2. The minimum atomic E-state index is -0.513. The number of imidazole rings is 1. The van der Waals surface area contributed by atoms with Gasteiger partial charge in [-0.2, -0.15) is 0 Å². The molecule has 0 radical (unpaired) electrons. The maximum atomic E-state index is 14.4. The van der Waals surface area contributed by atoms with E-state index in [9.17, 15) is 9.18 Å². The number of amides is 1. The van der Waals surface area contributed by atoms with E-state index in [4.69, 9.17) is 10.1 Å². The second-order valence-electron chi connectivity index (χ2n) is 9.50. The molecular weight excluding hydrogens is 437 g/mol. The summed E-state index contributed by atoms with van der Waals surface area (Å²) in [6.45, 7) is 11.8. The van der Waals surface area contributed by atoms with Crippen molar-refractivity contribution in [2.45, 2.75) is 40.2 Å². The fourth-order valence-electron chi connectivity index (χ4n) is 3.92. The Balaban J connectivity index is 1.41. The van der Waals surface area contributed by atoms with E-state index in [0.717, 1.165) is 11.3 Å². The van der Waals surface area contributed by atoms with Crippen LogP contribution in [0.4, 0.5) is 20.7 Å². The lowest BCUT2D eigenvalue weighted by Gasteiger charge is -2.37. The molecule has 10 heteroatoms. The molecule has 0 saturated carbocycles. The zero-order chi connectivity index (χ0) is 24.6. The zero-order valence-electron chi connectivity index (χ0n) is 20.1. The van der Waals surface area contributed by atoms with E-state index < -0.39 is 11.4 Å². The van der Waals surface area contributed by atoms with Crippen LogP contribution in [0.3, 0.4) is 0 Å². The average molecular weight is 468 g/mol. The largest absolute Gasteiger partial charge is 0.444 e. The summed E-state index contributed by atoms with van der Waals surface area (Å²) in [6.07, 6.45) is 4.85. The Kier molecular flexibility index (Phi) is 6.16. The van der Waals surface area contributed by atoms with Crippen LogP contribution in [0.15, 0.2) is 30.7 Å². The van der Waals surface area contributed by atoms with Gasteiger partial charge in [-0.15, -0.1) is 0 Å². The van der Waals surface area contributed by atoms with Crippen LogP contribution in [0.25, 0.3) is 5.65 Å². The highest BCUT2D eigenvalue weighted by molar-refractivity contribution is 6.05. The highest BCUT2D eigenvalue weighted by atomic mass is 19.1. The van der Waals surface area contributed by atoms with Crippen LogP contribution in [0.2, 0.25) is 0 Å². The van der Waals surface area contributed by atoms with Crippen molar-refractivity contribution < 1.29 is 13.9 Å². The average Bonchev–Trinajstić information content (AvgIpc) is 3.14. The van der Waals surface area contributed by atoms with Crippen molar-refractivity contribution in [3.8, 4) is 0 Å². The second-order valence-corrected chi connectivity index (χ2v) is 9.50. The Morgan fingerprint density at radius 1 is 1.15 bits per heavy atom. The highest BCUT2D eigenvalue weighted by Gasteiger charge is 2.26. The number of fused-ring (bicyclic) bond motifs is 1. The molecule has 1 fully saturated rings. The Morgan fingerprint density at radius 3 is 2.50 bits per heavy atom. The number of nitrogens with zero attached hydrogens (tertiary/aromatic N) is 5. The monoisotopic (exact) mass is 467 g/mol. The third-order valence-corrected chi connectivity index (χ3v) is 5.52. The van der Waals surface area contributed by atoms with Crippen molar-refractivity contribution in [1.82, 2.24) is 19.3 Å². The van der Waals surface area contributed by atoms with Crippen molar-refractivity contribution >= 4 is 29.1 Å². The summed E-state index contributed by atoms with van der Waals surface area (Å²) in [7, 11) is 0. The van der Waals surface area contributed by atoms with Crippen molar-refractivity contribution in [3.63, 3.8) is 0 Å². The number of nitrogens with one attached hydrogen (secondary N) is 2. The number of ether oxygens (including phenoxy) is 1. The minimum absolute atomic E-state index is 0.0396. The normalized spacial score (nSPS) is 14.4. The van der Waals surface area contributed by atoms with Gasteiger partial charge in [-0.05, 0) is 52.3 Å². The molecule has 1 amide bonds. The van der Waals surface area contributed by atoms with Crippen LogP contribution in [-0.4, -0.2) is 63.0 Å². The van der Waals surface area contributed by atoms with Gasteiger partial charge in [-0.1, -0.05) is 0 Å². The lowest BCUT2D eigenvalue weighted by molar-refractivity contribution is 0.0240. The molecule has 0 unspecified atom stereocenters. The third-order valence-electron chi connectivity index (χ3n) is 5.52. The number of pyridine rings is 2. The molecule has 4 heterocycles. The summed E-state index contributed by atoms with van der Waals surface area (Å²) in [6, 6.07) is 3.16. The van der Waals surface area contributed by atoms with Gasteiger partial charge in [0.15, 0.2) is 11.5 Å². The Labute approximate surface area is 198 Å². The van der Waals surface area contributed by atoms with Gasteiger partial charge >= 0.3 is 6.09 Å². The first kappa shape index (κ1) is 23.5. The molecule has 0 atom stereocenters. The summed E-state index contributed by atoms with van der Waals surface area (Å²) in [5.41, 5.74) is 2.78. The van der Waals surface area contributed by atoms with Crippen molar-refractivity contribution in [2.75, 3.05) is 36.4 Å². The summed E-state index contributed by atoms with van der Waals surface area (Å²) in [5.74, 6) is 0.0564. The maximum Gasteiger partial charge on any atom is 0.410 e. The van der Waals surface area contributed by atoms with Crippen LogP contribution in [0.5, 0.6) is 0 Å². The number of hydrogen-bond donors (Lipinski definition) is 2. The van der Waals surface area contributed by atoms with E-state index in [1.165, 1.54) is 6.07 Å². The van der Waals surface area contributed by atoms with Crippen LogP contribution in [-0.2, 0) is 4.74 Å². The van der Waals surface area contributed by atoms with Gasteiger partial charge in [-0.3, -0.25) is 5.41 Å². The first-order chi connectivity index (χ1) is 16.0. The number of carbonyl (C=O) groups is 1. The minimum Gasteiger partial charge on any atom is -0.444 e. The van der Waals surface area contributed by atoms with Crippen molar-refractivity contribution in [1.29, 1.82) is 5.41 Å². The van der Waals surface area contributed by atoms with Crippen LogP contribution in [0, 0.1) is 25.1 Å². The Bertz CT molecular complexity index is 1240. The molecular formula is C24H30FN7O2. The summed E-state index contributed by atoms with van der Waals surface area (Å²) in [5, 5.41) is 11.3. The number of carbonyl (C=O) groups excluding carboxylic acids is 1. The predicted octanol–water partition coefficient (Wildman–Crippen LogP) is 3.98. The smallest absolute Gasteiger partial charge is 0.410 e. The van der Waals surface area contributed by atoms with Crippen molar-refractivity contribution in [3.05, 3.63) is 53.4 Å². The van der Waals surface area contributed by atoms with Gasteiger partial charge in [0.25, 0.3) is 0 Å². The SMILES string of the molecule is Cc1cn2cc(C(=N)Nc3cc(C)c(N4CCN(C(=O)OC(C)(C)C)CC4)cn3)cc(F)c2n1. The maximum absolute atomic E-state index is 14.4. The van der Waals surface area contributed by atoms with E-state index in [1.54, 1.807) is 34.8 Å². The quantitative estimate of drug-likeness (QED) is 0.447. The fourth-order valence-corrected chi connectivity index (χ4v) is 3.92. The van der Waals surface area contributed by atoms with E-state index in [-0.39, 0.29) is 17.6 Å². The number of aryl methyl sites for hydroxylation is 2. The molecule has 180 valence electrons. The number of piperazine rings is 1. The van der Waals surface area contributed by atoms with Crippen LogP contribution < -0.4 is 10.2 Å². The van der Waals surface area contributed by atoms with Crippen molar-refractivity contribution in [2.24, 2.45) is 0 Å². The van der Waals surface area contributed by atoms with Gasteiger partial charge in [0, 0.05) is 44.1 Å². The van der Waals surface area contributed by atoms with Gasteiger partial charge in [0.2, 0.25) is 0 Å². The van der Waals surface area contributed by atoms with E-state index >= 15 is 0 Å². The van der Waals surface area contributed by atoms with Gasteiger partial charge < -0.3 is 24.3 Å². The molecule has 9 nitrogen and oxygen atoms in total. The molecule has 1 saturated heterocycles. The first-order valence-electron chi connectivity index (χ1n) is 11.2. The molecule has 0 aromatic carbocycles. The molecule has 3 aromatic heterocycles. The zero-order valence-corrected chi connectivity index (χ0v) is 20.1. The molecule has 1 aliphatic rings. The van der Waals surface area contributed by atoms with Gasteiger partial charge in [0.1, 0.15) is 17.3 Å². The highest BCUT2D eigenvalue weighted by Crippen LogP contribution is 2.24. The number of anilines is 2. The van der Waals surface area contributed by atoms with Gasteiger partial charge in [-0.25, -0.2) is 19.2 Å². The molecule has 1 aliphatic heterocycles. The summed E-state index contributed by atoms with van der Waals surface area (Å²) >= 11 is 0. The molecule has 4 rings (SSSR count). The summed E-state index contributed by atoms with van der Waals surface area (Å²) < 4.78 is 21.4. The fraction of sp³-hybridized carbons (Fsp3) is 0.417. The molecule has 0 bridgehead atoms. The molecule has 2 N–H and O–H groups in total. The number of rotatable bonds is 3. The van der Waals surface area contributed by atoms with Crippen LogP contribution in [0.1, 0.15) is 37.6 Å². The van der Waals surface area contributed by atoms with Gasteiger partial charge in [0.05, 0.1) is 17.6 Å². The number of halogens is 1. The number of amidine groups is 1. The van der Waals surface area contributed by atoms with E-state index in [0.29, 0.717) is 43.3 Å². The molecule has 34 heavy (non-hydrogen) atoms. The number of hydrogen-bond acceptors (Lipinski definition) is 6. The predicted molar refractivity (Wildman–Crippen MR) is 129 cm³/mol. The van der Waals surface area contributed by atoms with E-state index in [2.05, 4.69) is 20.2 Å². The van der Waals surface area contributed by atoms with E-state index in [1.807, 2.05) is 33.8 Å². The first-order valence-corrected chi connectivity index (χ1v) is 11.2.